The van der Waals surface area contributed by atoms with Crippen molar-refractivity contribution in [2.24, 2.45) is 23.5 Å². The van der Waals surface area contributed by atoms with Gasteiger partial charge in [0.15, 0.2) is 0 Å². The van der Waals surface area contributed by atoms with Gasteiger partial charge in [0.2, 0.25) is 35.4 Å². The van der Waals surface area contributed by atoms with Crippen molar-refractivity contribution in [2.45, 2.75) is 142 Å². The van der Waals surface area contributed by atoms with E-state index in [0.717, 1.165) is 5.56 Å². The maximum absolute atomic E-state index is 14.1. The number of carbonyl (C=O) groups is 7. The highest BCUT2D eigenvalue weighted by Gasteiger charge is 2.45. The number of carboxylic acid groups (broad SMARTS) is 1. The summed E-state index contributed by atoms with van der Waals surface area (Å²) in [5.41, 5.74) is 6.86. The fraction of sp³-hybridized carbons (Fsp3) is 0.675. The van der Waals surface area contributed by atoms with E-state index in [2.05, 4.69) is 21.3 Å². The lowest BCUT2D eigenvalue weighted by Gasteiger charge is -2.34. The van der Waals surface area contributed by atoms with Crippen molar-refractivity contribution in [3.05, 3.63) is 35.9 Å². The Hall–Kier alpha value is -4.57. The van der Waals surface area contributed by atoms with Gasteiger partial charge in [0.05, 0.1) is 12.1 Å². The molecule has 0 saturated carbocycles. The van der Waals surface area contributed by atoms with Crippen molar-refractivity contribution in [1.82, 2.24) is 31.1 Å². The van der Waals surface area contributed by atoms with Crippen LogP contribution in [0.4, 0.5) is 0 Å². The average Bonchev–Trinajstić information content (AvgIpc) is 3.82. The van der Waals surface area contributed by atoms with E-state index in [1.165, 1.54) is 16.7 Å². The van der Waals surface area contributed by atoms with Crippen LogP contribution in [0.2, 0.25) is 0 Å². The minimum atomic E-state index is -1.45. The molecule has 1 aromatic carbocycles. The van der Waals surface area contributed by atoms with Crippen LogP contribution in [0.15, 0.2) is 30.3 Å². The van der Waals surface area contributed by atoms with Gasteiger partial charge in [0.1, 0.15) is 36.3 Å². The van der Waals surface area contributed by atoms with Crippen LogP contribution in [-0.2, 0) is 40.0 Å². The van der Waals surface area contributed by atoms with Crippen LogP contribution in [0, 0.1) is 17.8 Å². The van der Waals surface area contributed by atoms with E-state index in [0.29, 0.717) is 32.1 Å². The third-order valence-electron chi connectivity index (χ3n) is 10.3. The minimum Gasteiger partial charge on any atom is -0.480 e. The summed E-state index contributed by atoms with van der Waals surface area (Å²) in [4.78, 5) is 96.5. The molecule has 0 spiro atoms. The molecule has 0 aromatic heterocycles. The normalized spacial score (nSPS) is 20.2. The van der Waals surface area contributed by atoms with Gasteiger partial charge in [-0.25, -0.2) is 4.79 Å². The number of hydrogen-bond donors (Lipinski definition) is 7. The Labute approximate surface area is 330 Å². The molecule has 2 fully saturated rings. The molecule has 0 aliphatic carbocycles. The monoisotopic (exact) mass is 785 g/mol. The minimum absolute atomic E-state index is 0.00108. The van der Waals surface area contributed by atoms with Gasteiger partial charge in [0, 0.05) is 19.5 Å². The summed E-state index contributed by atoms with van der Waals surface area (Å²) in [5.74, 6) is -5.04. The zero-order chi connectivity index (χ0) is 41.9. The molecule has 2 aliphatic rings. The molecule has 8 unspecified atom stereocenters. The van der Waals surface area contributed by atoms with E-state index in [4.69, 9.17) is 5.73 Å². The van der Waals surface area contributed by atoms with Crippen molar-refractivity contribution in [1.29, 1.82) is 0 Å². The number of nitrogens with zero attached hydrogens (tertiary/aromatic N) is 2. The molecule has 16 heteroatoms. The van der Waals surface area contributed by atoms with Crippen molar-refractivity contribution in [2.75, 3.05) is 13.1 Å². The van der Waals surface area contributed by atoms with Gasteiger partial charge >= 0.3 is 5.97 Å². The van der Waals surface area contributed by atoms with E-state index in [9.17, 15) is 43.8 Å². The lowest BCUT2D eigenvalue weighted by molar-refractivity contribution is -0.149. The first-order valence-corrected chi connectivity index (χ1v) is 19.8. The number of carbonyl (C=O) groups excluding carboxylic acids is 6. The first-order chi connectivity index (χ1) is 26.3. The first-order valence-electron chi connectivity index (χ1n) is 19.8. The number of amides is 6. The van der Waals surface area contributed by atoms with Gasteiger partial charge in [0.25, 0.3) is 0 Å². The van der Waals surface area contributed by atoms with Crippen LogP contribution in [-0.4, -0.2) is 123 Å². The third kappa shape index (κ3) is 12.7. The second-order valence-corrected chi connectivity index (χ2v) is 16.4. The largest absolute Gasteiger partial charge is 0.480 e. The summed E-state index contributed by atoms with van der Waals surface area (Å²) in [5, 5.41) is 31.1. The Morgan fingerprint density at radius 2 is 1.29 bits per heavy atom. The summed E-state index contributed by atoms with van der Waals surface area (Å²) in [7, 11) is 0. The maximum atomic E-state index is 14.1. The number of nitrogens with two attached hydrogens (primary N) is 1. The zero-order valence-corrected chi connectivity index (χ0v) is 33.8. The fourth-order valence-corrected chi connectivity index (χ4v) is 7.29. The molecule has 0 bridgehead atoms. The molecule has 3 rings (SSSR count). The Bertz CT molecular complexity index is 1540. The molecule has 56 heavy (non-hydrogen) atoms. The number of likely N-dealkylation sites (tertiary alicyclic amines) is 2. The molecular formula is C40H63N7O9. The van der Waals surface area contributed by atoms with Crippen molar-refractivity contribution in [3.8, 4) is 0 Å². The van der Waals surface area contributed by atoms with Crippen LogP contribution < -0.4 is 27.0 Å². The summed E-state index contributed by atoms with van der Waals surface area (Å²) in [6.07, 6.45) is 0.892. The quantitative estimate of drug-likeness (QED) is 0.104. The van der Waals surface area contributed by atoms with Gasteiger partial charge in [-0.1, -0.05) is 71.9 Å². The summed E-state index contributed by atoms with van der Waals surface area (Å²) in [6, 6.07) is 1.45. The molecule has 8 atom stereocenters. The topological polar surface area (TPSA) is 241 Å². The first kappa shape index (κ1) is 45.8. The van der Waals surface area contributed by atoms with Gasteiger partial charge in [-0.05, 0) is 68.8 Å². The number of rotatable bonds is 19. The Kier molecular flexibility index (Phi) is 17.3. The van der Waals surface area contributed by atoms with E-state index in [-0.39, 0.29) is 37.8 Å². The molecule has 2 aliphatic heterocycles. The van der Waals surface area contributed by atoms with E-state index in [1.54, 1.807) is 38.1 Å². The predicted octanol–water partition coefficient (Wildman–Crippen LogP) is 0.691. The van der Waals surface area contributed by atoms with Gasteiger partial charge < -0.3 is 47.0 Å². The van der Waals surface area contributed by atoms with Crippen LogP contribution >= 0.6 is 0 Å². The van der Waals surface area contributed by atoms with E-state index in [1.807, 2.05) is 33.8 Å². The maximum Gasteiger partial charge on any atom is 0.326 e. The molecule has 312 valence electrons. The second-order valence-electron chi connectivity index (χ2n) is 16.4. The summed E-state index contributed by atoms with van der Waals surface area (Å²) in [6.45, 7) is 12.7. The van der Waals surface area contributed by atoms with Gasteiger partial charge in [-0.3, -0.25) is 28.8 Å². The third-order valence-corrected chi connectivity index (χ3v) is 10.3. The smallest absolute Gasteiger partial charge is 0.326 e. The fourth-order valence-electron chi connectivity index (χ4n) is 7.29. The zero-order valence-electron chi connectivity index (χ0n) is 33.8. The van der Waals surface area contributed by atoms with E-state index >= 15 is 0 Å². The Morgan fingerprint density at radius 1 is 0.714 bits per heavy atom. The van der Waals surface area contributed by atoms with Crippen LogP contribution in [0.5, 0.6) is 0 Å². The number of aliphatic carboxylic acids is 1. The number of carboxylic acids is 1. The van der Waals surface area contributed by atoms with E-state index < -0.39 is 95.7 Å². The summed E-state index contributed by atoms with van der Waals surface area (Å²) >= 11 is 0. The lowest BCUT2D eigenvalue weighted by Crippen LogP contribution is -2.61. The highest BCUT2D eigenvalue weighted by atomic mass is 16.4. The highest BCUT2D eigenvalue weighted by molar-refractivity contribution is 5.97. The van der Waals surface area contributed by atoms with Gasteiger partial charge in [-0.15, -0.1) is 0 Å². The number of aliphatic hydroxyl groups excluding tert-OH is 1. The number of nitrogens with one attached hydrogen (secondary N) is 4. The summed E-state index contributed by atoms with van der Waals surface area (Å²) < 4.78 is 0. The number of hydrogen-bond acceptors (Lipinski definition) is 9. The SMILES string of the molecule is CC(C)CC(N)C(=O)NC(Cc1ccccc1)C(=O)NC(C(=O)N1CCCC1C(=O)N1CCCC1C(=O)NC(C(=O)NC(CC(C)C)C(=O)O)C(C)C)C(C)O. The van der Waals surface area contributed by atoms with Crippen LogP contribution in [0.3, 0.4) is 0 Å². The molecule has 16 nitrogen and oxygen atoms in total. The van der Waals surface area contributed by atoms with Crippen LogP contribution in [0.25, 0.3) is 0 Å². The standard InChI is InChI=1S/C40H63N7O9/c1-22(2)19-27(41)34(49)42-28(21-26-13-9-8-10-14-26)35(50)45-33(25(7)48)39(54)47-18-12-16-31(47)38(53)46-17-11-15-30(46)36(51)44-32(24(5)6)37(52)43-29(40(55)56)20-23(3)4/h8-10,13-14,22-25,27-33,48H,11-12,15-21,41H2,1-7H3,(H,42,49)(H,43,52)(H,44,51)(H,45,50)(H,55,56). The Morgan fingerprint density at radius 3 is 1.84 bits per heavy atom. The van der Waals surface area contributed by atoms with Crippen molar-refractivity contribution < 1.29 is 43.8 Å². The molecule has 0 radical (unpaired) electrons. The predicted molar refractivity (Wildman–Crippen MR) is 208 cm³/mol. The van der Waals surface area contributed by atoms with Gasteiger partial charge in [-0.2, -0.15) is 0 Å². The van der Waals surface area contributed by atoms with Crippen molar-refractivity contribution >= 4 is 41.4 Å². The Balaban J connectivity index is 1.76. The molecular weight excluding hydrogens is 722 g/mol. The second kappa shape index (κ2) is 21.1. The molecule has 6 amide bonds. The molecule has 2 heterocycles. The van der Waals surface area contributed by atoms with Crippen LogP contribution in [0.1, 0.15) is 92.6 Å². The van der Waals surface area contributed by atoms with Crippen molar-refractivity contribution in [3.63, 3.8) is 0 Å². The highest BCUT2D eigenvalue weighted by Crippen LogP contribution is 2.26. The average molecular weight is 786 g/mol. The molecule has 8 N–H and O–H groups in total. The molecule has 2 saturated heterocycles. The number of aliphatic hydroxyl groups is 1. The lowest BCUT2D eigenvalue weighted by atomic mass is 10.00. The molecule has 1 aromatic rings. The number of benzene rings is 1.